The molecule has 4 aromatic carbocycles. The summed E-state index contributed by atoms with van der Waals surface area (Å²) in [6.07, 6.45) is 6.75. The fourth-order valence-corrected chi connectivity index (χ4v) is 7.12. The minimum Gasteiger partial charge on any atom is -0.871 e. The molecule has 2 aliphatic rings. The molecular formula is C40H20Br4Cl2O4. The maximum Gasteiger partial charge on any atom is 0.362 e. The second kappa shape index (κ2) is 14.6. The van der Waals surface area contributed by atoms with Crippen LogP contribution >= 0.6 is 86.9 Å². The summed E-state index contributed by atoms with van der Waals surface area (Å²) >= 11 is 27.2. The SMILES string of the molecule is O=C1C(=Cc2cc(-c3ccc(Br)c(Br)c3)[o+]c(-c3ccccc3Cl)c2)C([O-])=C1C=C1C=C(c2ccc(Br)c(Br)c2)OC(c2ccccc2Cl)=C1. The lowest BCUT2D eigenvalue weighted by Crippen LogP contribution is -2.29. The van der Waals surface area contributed by atoms with Crippen LogP contribution in [0.2, 0.25) is 10.0 Å². The molecule has 0 atom stereocenters. The maximum absolute atomic E-state index is 13.6. The zero-order valence-electron chi connectivity index (χ0n) is 25.4. The molecule has 0 unspecified atom stereocenters. The highest BCUT2D eigenvalue weighted by Crippen LogP contribution is 2.40. The Balaban J connectivity index is 1.31. The lowest BCUT2D eigenvalue weighted by atomic mass is 9.85. The first-order chi connectivity index (χ1) is 24.0. The minimum atomic E-state index is -0.365. The van der Waals surface area contributed by atoms with Crippen molar-refractivity contribution in [2.45, 2.75) is 0 Å². The van der Waals surface area contributed by atoms with Gasteiger partial charge in [0.2, 0.25) is 0 Å². The van der Waals surface area contributed by atoms with Crippen molar-refractivity contribution in [3.8, 4) is 22.6 Å². The van der Waals surface area contributed by atoms with Gasteiger partial charge in [-0.15, -0.1) is 0 Å². The van der Waals surface area contributed by atoms with Crippen molar-refractivity contribution in [2.24, 2.45) is 0 Å². The standard InChI is InChI=1S/C40H20Br4Cl2O4/c41-29-11-9-23(19-31(29)43)35-15-21(17-37(49-35)25-5-1-3-7-33(25)45)13-27-39(47)28(40(27)48)14-22-16-36(24-10-12-30(42)32(44)20-24)50-38(18-22)26-6-2-4-8-34(26)46/h1-20H. The van der Waals surface area contributed by atoms with E-state index in [1.807, 2.05) is 72.8 Å². The highest BCUT2D eigenvalue weighted by Gasteiger charge is 2.28. The Labute approximate surface area is 331 Å². The molecule has 0 spiro atoms. The Morgan fingerprint density at radius 2 is 1.22 bits per heavy atom. The summed E-state index contributed by atoms with van der Waals surface area (Å²) < 4.78 is 16.1. The van der Waals surface area contributed by atoms with Crippen LogP contribution < -0.4 is 5.11 Å². The molecule has 7 rings (SSSR count). The molecule has 0 radical (unpaired) electrons. The second-order valence-corrected chi connectivity index (χ2v) is 15.5. The van der Waals surface area contributed by atoms with Gasteiger partial charge in [0.15, 0.2) is 5.78 Å². The molecule has 1 aliphatic carbocycles. The highest BCUT2D eigenvalue weighted by molar-refractivity contribution is 9.13. The van der Waals surface area contributed by atoms with E-state index in [2.05, 4.69) is 63.7 Å². The van der Waals surface area contributed by atoms with Crippen molar-refractivity contribution in [3.05, 3.63) is 182 Å². The molecular weight excluding hydrogens is 935 g/mol. The third-order valence-electron chi connectivity index (χ3n) is 7.92. The Kier molecular flexibility index (Phi) is 10.2. The topological polar surface area (TPSA) is 60.7 Å². The number of rotatable bonds is 6. The molecule has 0 amide bonds. The van der Waals surface area contributed by atoms with Gasteiger partial charge in [0, 0.05) is 40.2 Å². The van der Waals surface area contributed by atoms with E-state index in [1.165, 1.54) is 0 Å². The van der Waals surface area contributed by atoms with E-state index in [0.717, 1.165) is 29.0 Å². The van der Waals surface area contributed by atoms with Gasteiger partial charge in [0.05, 0.1) is 33.3 Å². The molecule has 0 saturated heterocycles. The average Bonchev–Trinajstić information content (AvgIpc) is 3.12. The van der Waals surface area contributed by atoms with Gasteiger partial charge < -0.3 is 9.84 Å². The van der Waals surface area contributed by atoms with Gasteiger partial charge in [0.25, 0.3) is 0 Å². The number of allylic oxidation sites excluding steroid dienone is 6. The number of carbonyl (C=O) groups is 1. The molecule has 0 saturated carbocycles. The zero-order chi connectivity index (χ0) is 35.1. The number of hydrogen-bond acceptors (Lipinski definition) is 3. The predicted octanol–water partition coefficient (Wildman–Crippen LogP) is 12.9. The molecule has 10 heteroatoms. The third-order valence-corrected chi connectivity index (χ3v) is 12.3. The number of Topliss-reactive ketones (excluding diaryl/α,β-unsaturated/α-hetero) is 1. The molecule has 4 nitrogen and oxygen atoms in total. The van der Waals surface area contributed by atoms with E-state index in [0.29, 0.717) is 55.3 Å². The first-order valence-corrected chi connectivity index (χ1v) is 18.9. The molecule has 0 N–H and O–H groups in total. The summed E-state index contributed by atoms with van der Waals surface area (Å²) in [4.78, 5) is 13.6. The first-order valence-electron chi connectivity index (χ1n) is 15.0. The van der Waals surface area contributed by atoms with Crippen molar-refractivity contribution in [3.63, 3.8) is 0 Å². The number of carbonyl (C=O) groups excluding carboxylic acids is 1. The van der Waals surface area contributed by atoms with E-state index >= 15 is 0 Å². The number of halogens is 6. The second-order valence-electron chi connectivity index (χ2n) is 11.2. The molecule has 5 aromatic rings. The Morgan fingerprint density at radius 1 is 0.640 bits per heavy atom. The van der Waals surface area contributed by atoms with Gasteiger partial charge >= 0.3 is 11.5 Å². The monoisotopic (exact) mass is 950 g/mol. The average molecular weight is 955 g/mol. The van der Waals surface area contributed by atoms with Gasteiger partial charge in [-0.2, -0.15) is 0 Å². The number of benzene rings is 4. The summed E-state index contributed by atoms with van der Waals surface area (Å²) in [6, 6.07) is 29.7. The van der Waals surface area contributed by atoms with Crippen LogP contribution in [-0.2, 0) is 9.53 Å². The first kappa shape index (κ1) is 34.9. The van der Waals surface area contributed by atoms with Crippen LogP contribution in [0, 0.1) is 0 Å². The van der Waals surface area contributed by atoms with Crippen LogP contribution in [0.5, 0.6) is 0 Å². The van der Waals surface area contributed by atoms with Gasteiger partial charge in [-0.05, 0) is 154 Å². The van der Waals surface area contributed by atoms with Crippen molar-refractivity contribution < 1.29 is 19.1 Å². The van der Waals surface area contributed by atoms with Crippen LogP contribution in [0.3, 0.4) is 0 Å². The predicted molar refractivity (Wildman–Crippen MR) is 213 cm³/mol. The quantitative estimate of drug-likeness (QED) is 0.126. The zero-order valence-corrected chi connectivity index (χ0v) is 33.3. The Morgan fingerprint density at radius 3 is 1.86 bits per heavy atom. The van der Waals surface area contributed by atoms with Crippen LogP contribution in [0.25, 0.3) is 40.2 Å². The van der Waals surface area contributed by atoms with E-state index in [1.54, 1.807) is 48.6 Å². The van der Waals surface area contributed by atoms with Crippen LogP contribution in [-0.4, -0.2) is 5.78 Å². The van der Waals surface area contributed by atoms with Crippen molar-refractivity contribution >= 4 is 110 Å². The van der Waals surface area contributed by atoms with E-state index in [4.69, 9.17) is 32.4 Å². The molecule has 50 heavy (non-hydrogen) atoms. The summed E-state index contributed by atoms with van der Waals surface area (Å²) in [7, 11) is 0. The molecule has 0 fully saturated rings. The molecule has 1 aromatic heterocycles. The van der Waals surface area contributed by atoms with Crippen LogP contribution in [0.1, 0.15) is 16.7 Å². The number of hydrogen-bond donors (Lipinski definition) is 0. The molecule has 246 valence electrons. The van der Waals surface area contributed by atoms with Crippen LogP contribution in [0.15, 0.2) is 160 Å². The third kappa shape index (κ3) is 7.15. The van der Waals surface area contributed by atoms with Gasteiger partial charge in [0.1, 0.15) is 11.5 Å². The minimum absolute atomic E-state index is 0.0690. The smallest absolute Gasteiger partial charge is 0.362 e. The fraction of sp³-hybridized carbons (Fsp3) is 0. The lowest BCUT2D eigenvalue weighted by Gasteiger charge is -2.29. The molecule has 1 aliphatic heterocycles. The van der Waals surface area contributed by atoms with Gasteiger partial charge in [-0.3, -0.25) is 4.79 Å². The lowest BCUT2D eigenvalue weighted by molar-refractivity contribution is -0.300. The maximum atomic E-state index is 13.6. The van der Waals surface area contributed by atoms with Crippen molar-refractivity contribution in [1.29, 1.82) is 0 Å². The Hall–Kier alpha value is -3.50. The highest BCUT2D eigenvalue weighted by atomic mass is 79.9. The Bertz CT molecular complexity index is 2410. The summed E-state index contributed by atoms with van der Waals surface area (Å²) in [5.74, 6) is 1.31. The summed E-state index contributed by atoms with van der Waals surface area (Å²) in [6.45, 7) is 0. The summed E-state index contributed by atoms with van der Waals surface area (Å²) in [5.41, 5.74) is 4.29. The fourth-order valence-electron chi connectivity index (χ4n) is 5.41. The van der Waals surface area contributed by atoms with Crippen molar-refractivity contribution in [2.75, 3.05) is 0 Å². The molecule has 0 bridgehead atoms. The van der Waals surface area contributed by atoms with Gasteiger partial charge in [-0.1, -0.05) is 59.3 Å². The molecule has 2 heterocycles. The van der Waals surface area contributed by atoms with Gasteiger partial charge in [-0.25, -0.2) is 4.42 Å². The van der Waals surface area contributed by atoms with Crippen molar-refractivity contribution in [1.82, 2.24) is 0 Å². The number of ketones is 1. The summed E-state index contributed by atoms with van der Waals surface area (Å²) in [5, 5.41) is 14.6. The van der Waals surface area contributed by atoms with Crippen LogP contribution in [0.4, 0.5) is 0 Å². The van der Waals surface area contributed by atoms with E-state index < -0.39 is 0 Å². The normalized spacial score (nSPS) is 15.9. The van der Waals surface area contributed by atoms with E-state index in [9.17, 15) is 9.90 Å². The number of ether oxygens (including phenoxy) is 1. The van der Waals surface area contributed by atoms with E-state index in [-0.39, 0.29) is 22.7 Å². The largest absolute Gasteiger partial charge is 0.871 e.